The SMILES string of the molecule is O=C(C=Cc1cccc(-c2ccc(F)cc2)c1)c1ccc(OC(CN2CCCC2)c2ccccc2)cc1. The molecule has 37 heavy (non-hydrogen) atoms. The number of benzene rings is 4. The van der Waals surface area contributed by atoms with Gasteiger partial charge in [-0.1, -0.05) is 66.7 Å². The van der Waals surface area contributed by atoms with E-state index in [0.717, 1.165) is 47.6 Å². The summed E-state index contributed by atoms with van der Waals surface area (Å²) >= 11 is 0. The van der Waals surface area contributed by atoms with E-state index in [1.54, 1.807) is 24.3 Å². The van der Waals surface area contributed by atoms with Crippen molar-refractivity contribution in [1.82, 2.24) is 4.90 Å². The fourth-order valence-corrected chi connectivity index (χ4v) is 4.67. The summed E-state index contributed by atoms with van der Waals surface area (Å²) in [6.07, 6.45) is 5.81. The Balaban J connectivity index is 1.25. The number of hydrogen-bond donors (Lipinski definition) is 0. The van der Waals surface area contributed by atoms with Crippen LogP contribution in [0.5, 0.6) is 5.75 Å². The molecule has 0 saturated carbocycles. The molecule has 1 unspecified atom stereocenters. The molecule has 0 radical (unpaired) electrons. The van der Waals surface area contributed by atoms with E-state index in [1.807, 2.05) is 66.7 Å². The number of hydrogen-bond acceptors (Lipinski definition) is 3. The van der Waals surface area contributed by atoms with Gasteiger partial charge in [-0.25, -0.2) is 4.39 Å². The third kappa shape index (κ3) is 6.60. The van der Waals surface area contributed by atoms with Crippen LogP contribution in [-0.2, 0) is 0 Å². The van der Waals surface area contributed by atoms with Crippen LogP contribution in [0.1, 0.15) is 40.4 Å². The summed E-state index contributed by atoms with van der Waals surface area (Å²) in [6, 6.07) is 31.9. The van der Waals surface area contributed by atoms with Gasteiger partial charge in [0.2, 0.25) is 0 Å². The van der Waals surface area contributed by atoms with E-state index in [0.29, 0.717) is 5.56 Å². The van der Waals surface area contributed by atoms with Gasteiger partial charge in [0.1, 0.15) is 17.7 Å². The Hall–Kier alpha value is -4.02. The molecule has 1 aliphatic rings. The van der Waals surface area contributed by atoms with Crippen LogP contribution in [0.4, 0.5) is 4.39 Å². The van der Waals surface area contributed by atoms with Gasteiger partial charge < -0.3 is 4.74 Å². The van der Waals surface area contributed by atoms with Crippen molar-refractivity contribution < 1.29 is 13.9 Å². The summed E-state index contributed by atoms with van der Waals surface area (Å²) < 4.78 is 19.6. The fourth-order valence-electron chi connectivity index (χ4n) is 4.67. The number of rotatable bonds is 9. The van der Waals surface area contributed by atoms with Crippen molar-refractivity contribution in [3.05, 3.63) is 132 Å². The van der Waals surface area contributed by atoms with Gasteiger partial charge in [-0.15, -0.1) is 0 Å². The Labute approximate surface area is 217 Å². The maximum atomic E-state index is 13.2. The molecule has 186 valence electrons. The Kier molecular flexibility index (Phi) is 7.87. The topological polar surface area (TPSA) is 29.5 Å². The first-order chi connectivity index (χ1) is 18.1. The summed E-state index contributed by atoms with van der Waals surface area (Å²) in [4.78, 5) is 15.3. The first-order valence-corrected chi connectivity index (χ1v) is 12.8. The molecule has 1 fully saturated rings. The first kappa shape index (κ1) is 24.7. The van der Waals surface area contributed by atoms with E-state index in [2.05, 4.69) is 17.0 Å². The lowest BCUT2D eigenvalue weighted by Crippen LogP contribution is -2.28. The highest BCUT2D eigenvalue weighted by atomic mass is 19.1. The summed E-state index contributed by atoms with van der Waals surface area (Å²) in [7, 11) is 0. The van der Waals surface area contributed by atoms with E-state index in [1.165, 1.54) is 25.0 Å². The number of likely N-dealkylation sites (tertiary alicyclic amines) is 1. The summed E-state index contributed by atoms with van der Waals surface area (Å²) in [5, 5.41) is 0. The normalized spacial score (nSPS) is 14.6. The zero-order valence-corrected chi connectivity index (χ0v) is 20.7. The number of nitrogens with zero attached hydrogens (tertiary/aromatic N) is 1. The van der Waals surface area contributed by atoms with Crippen LogP contribution in [0, 0.1) is 5.82 Å². The molecule has 1 saturated heterocycles. The van der Waals surface area contributed by atoms with Crippen molar-refractivity contribution in [1.29, 1.82) is 0 Å². The van der Waals surface area contributed by atoms with Crippen LogP contribution in [0.3, 0.4) is 0 Å². The lowest BCUT2D eigenvalue weighted by molar-refractivity contribution is 0.104. The largest absolute Gasteiger partial charge is 0.484 e. The highest BCUT2D eigenvalue weighted by Crippen LogP contribution is 2.26. The predicted molar refractivity (Wildman–Crippen MR) is 147 cm³/mol. The fraction of sp³-hybridized carbons (Fsp3) is 0.182. The van der Waals surface area contributed by atoms with Gasteiger partial charge in [0.15, 0.2) is 5.78 Å². The quantitative estimate of drug-likeness (QED) is 0.178. The number of ketones is 1. The minimum absolute atomic E-state index is 0.0610. The highest BCUT2D eigenvalue weighted by Gasteiger charge is 2.20. The van der Waals surface area contributed by atoms with Crippen molar-refractivity contribution in [3.63, 3.8) is 0 Å². The van der Waals surface area contributed by atoms with Gasteiger partial charge >= 0.3 is 0 Å². The van der Waals surface area contributed by atoms with Gasteiger partial charge in [0.25, 0.3) is 0 Å². The predicted octanol–water partition coefficient (Wildman–Crippen LogP) is 7.60. The maximum absolute atomic E-state index is 13.2. The van der Waals surface area contributed by atoms with E-state index >= 15 is 0 Å². The van der Waals surface area contributed by atoms with E-state index in [-0.39, 0.29) is 17.7 Å². The highest BCUT2D eigenvalue weighted by molar-refractivity contribution is 6.06. The molecule has 0 spiro atoms. The second-order valence-electron chi connectivity index (χ2n) is 9.38. The molecule has 0 aliphatic carbocycles. The number of ether oxygens (including phenoxy) is 1. The van der Waals surface area contributed by atoms with E-state index < -0.39 is 0 Å². The summed E-state index contributed by atoms with van der Waals surface area (Å²) in [5.41, 5.74) is 4.56. The molecular weight excluding hydrogens is 461 g/mol. The van der Waals surface area contributed by atoms with Crippen molar-refractivity contribution in [2.45, 2.75) is 18.9 Å². The molecule has 1 atom stereocenters. The molecule has 4 aromatic carbocycles. The number of allylic oxidation sites excluding steroid dienone is 1. The lowest BCUT2D eigenvalue weighted by Gasteiger charge is -2.25. The molecule has 4 aromatic rings. The molecule has 0 bridgehead atoms. The molecule has 5 rings (SSSR count). The third-order valence-electron chi connectivity index (χ3n) is 6.70. The van der Waals surface area contributed by atoms with Crippen LogP contribution in [0.15, 0.2) is 109 Å². The lowest BCUT2D eigenvalue weighted by atomic mass is 10.0. The average Bonchev–Trinajstić information content (AvgIpc) is 3.46. The van der Waals surface area contributed by atoms with Gasteiger partial charge in [0, 0.05) is 12.1 Å². The Morgan fingerprint density at radius 2 is 1.57 bits per heavy atom. The van der Waals surface area contributed by atoms with Crippen LogP contribution in [0.25, 0.3) is 17.2 Å². The number of carbonyl (C=O) groups excluding carboxylic acids is 1. The number of carbonyl (C=O) groups is 1. The molecule has 3 nitrogen and oxygen atoms in total. The Morgan fingerprint density at radius 3 is 2.30 bits per heavy atom. The monoisotopic (exact) mass is 491 g/mol. The first-order valence-electron chi connectivity index (χ1n) is 12.8. The van der Waals surface area contributed by atoms with Gasteiger partial charge in [-0.05, 0) is 96.7 Å². The minimum Gasteiger partial charge on any atom is -0.484 e. The van der Waals surface area contributed by atoms with Crippen molar-refractivity contribution in [3.8, 4) is 16.9 Å². The van der Waals surface area contributed by atoms with Gasteiger partial charge in [-0.3, -0.25) is 9.69 Å². The second-order valence-corrected chi connectivity index (χ2v) is 9.38. The summed E-state index contributed by atoms with van der Waals surface area (Å²) in [5.74, 6) is 0.417. The summed E-state index contributed by atoms with van der Waals surface area (Å²) in [6.45, 7) is 3.07. The van der Waals surface area contributed by atoms with Crippen LogP contribution >= 0.6 is 0 Å². The third-order valence-corrected chi connectivity index (χ3v) is 6.70. The molecule has 0 N–H and O–H groups in total. The standard InChI is InChI=1S/C33H30FNO2/c34-30-16-12-26(13-17-30)29-10-6-7-25(23-29)11-20-32(36)27-14-18-31(19-15-27)37-33(24-35-21-4-5-22-35)28-8-2-1-3-9-28/h1-3,6-20,23,33H,4-5,21-22,24H2. The van der Waals surface area contributed by atoms with Crippen LogP contribution in [-0.4, -0.2) is 30.3 Å². The molecule has 4 heteroatoms. The smallest absolute Gasteiger partial charge is 0.185 e. The maximum Gasteiger partial charge on any atom is 0.185 e. The number of halogens is 1. The average molecular weight is 492 g/mol. The Morgan fingerprint density at radius 1 is 0.838 bits per heavy atom. The van der Waals surface area contributed by atoms with Gasteiger partial charge in [0.05, 0.1) is 0 Å². The molecular formula is C33H30FNO2. The molecule has 1 aliphatic heterocycles. The van der Waals surface area contributed by atoms with Gasteiger partial charge in [-0.2, -0.15) is 0 Å². The van der Waals surface area contributed by atoms with E-state index in [4.69, 9.17) is 4.74 Å². The van der Waals surface area contributed by atoms with Crippen molar-refractivity contribution in [2.24, 2.45) is 0 Å². The zero-order chi connectivity index (χ0) is 25.5. The molecule has 0 amide bonds. The second kappa shape index (κ2) is 11.8. The molecule has 1 heterocycles. The minimum atomic E-state index is -0.260. The molecule has 0 aromatic heterocycles. The van der Waals surface area contributed by atoms with E-state index in [9.17, 15) is 9.18 Å². The zero-order valence-electron chi connectivity index (χ0n) is 20.7. The van der Waals surface area contributed by atoms with Crippen LogP contribution < -0.4 is 4.74 Å². The van der Waals surface area contributed by atoms with Crippen molar-refractivity contribution in [2.75, 3.05) is 19.6 Å². The van der Waals surface area contributed by atoms with Crippen molar-refractivity contribution >= 4 is 11.9 Å². The Bertz CT molecular complexity index is 1340. The van der Waals surface area contributed by atoms with Crippen LogP contribution in [0.2, 0.25) is 0 Å².